The molecule has 1 heterocycles. The van der Waals surface area contributed by atoms with Crippen LogP contribution in [0.4, 0.5) is 4.39 Å². The summed E-state index contributed by atoms with van der Waals surface area (Å²) in [6.45, 7) is 3.15. The first-order chi connectivity index (χ1) is 12.5. The number of nitrogens with zero attached hydrogens (tertiary/aromatic N) is 2. The summed E-state index contributed by atoms with van der Waals surface area (Å²) in [6.07, 6.45) is -0.552. The van der Waals surface area contributed by atoms with Crippen molar-refractivity contribution in [1.82, 2.24) is 9.78 Å². The molecule has 0 saturated heterocycles. The van der Waals surface area contributed by atoms with Crippen LogP contribution in [0.2, 0.25) is 0 Å². The second kappa shape index (κ2) is 8.25. The molecule has 26 heavy (non-hydrogen) atoms. The molecule has 0 bridgehead atoms. The highest BCUT2D eigenvalue weighted by Gasteiger charge is 2.18. The lowest BCUT2D eigenvalue weighted by Crippen LogP contribution is -3.07. The molecule has 3 aromatic rings. The molecule has 3 rings (SSSR count). The van der Waals surface area contributed by atoms with Gasteiger partial charge in [0, 0.05) is 5.56 Å². The molecule has 0 radical (unpaired) electrons. The predicted molar refractivity (Wildman–Crippen MR) is 97.8 cm³/mol. The molecular formula is C19H21FN3O2S+. The van der Waals surface area contributed by atoms with Gasteiger partial charge in [-0.05, 0) is 31.3 Å². The standard InChI is InChI=1S/C19H20FN3O2S/c1-14(24-17-11-7-6-10-16(17)20)18-21-23(19(26)25-18)13-22(2)12-15-8-4-3-5-9-15/h3-11,14H,12-13H2,1-2H3/p+1/t14-/m1/s1. The Morgan fingerprint density at radius 3 is 2.62 bits per heavy atom. The number of halogens is 1. The summed E-state index contributed by atoms with van der Waals surface area (Å²) in [5.74, 6) is 0.0534. The number of hydrogen-bond donors (Lipinski definition) is 1. The number of aromatic nitrogens is 2. The van der Waals surface area contributed by atoms with E-state index in [0.29, 0.717) is 12.6 Å². The average Bonchev–Trinajstić information content (AvgIpc) is 2.98. The third-order valence-corrected chi connectivity index (χ3v) is 4.17. The second-order valence-electron chi connectivity index (χ2n) is 6.17. The predicted octanol–water partition coefficient (Wildman–Crippen LogP) is 3.16. The summed E-state index contributed by atoms with van der Waals surface area (Å²) >= 11 is 5.26. The Balaban J connectivity index is 1.66. The van der Waals surface area contributed by atoms with E-state index in [2.05, 4.69) is 24.3 Å². The average molecular weight is 374 g/mol. The van der Waals surface area contributed by atoms with Crippen molar-refractivity contribution in [3.8, 4) is 5.75 Å². The molecule has 0 fully saturated rings. The van der Waals surface area contributed by atoms with Gasteiger partial charge in [-0.1, -0.05) is 42.5 Å². The molecule has 1 N–H and O–H groups in total. The lowest BCUT2D eigenvalue weighted by molar-refractivity contribution is -0.917. The van der Waals surface area contributed by atoms with Crippen molar-refractivity contribution in [2.75, 3.05) is 7.05 Å². The lowest BCUT2D eigenvalue weighted by Gasteiger charge is -2.13. The van der Waals surface area contributed by atoms with E-state index < -0.39 is 11.9 Å². The van der Waals surface area contributed by atoms with Crippen molar-refractivity contribution in [2.45, 2.75) is 26.2 Å². The Kier molecular flexibility index (Phi) is 5.80. The molecule has 0 aliphatic carbocycles. The summed E-state index contributed by atoms with van der Waals surface area (Å²) in [4.78, 5) is 1.48. The Morgan fingerprint density at radius 2 is 1.88 bits per heavy atom. The van der Waals surface area contributed by atoms with E-state index in [4.69, 9.17) is 21.4 Å². The summed E-state index contributed by atoms with van der Waals surface area (Å²) in [7, 11) is 2.06. The zero-order valence-electron chi connectivity index (χ0n) is 14.7. The van der Waals surface area contributed by atoms with E-state index in [1.807, 2.05) is 18.2 Å². The van der Waals surface area contributed by atoms with Gasteiger partial charge >= 0.3 is 0 Å². The number of hydrogen-bond acceptors (Lipinski definition) is 4. The van der Waals surface area contributed by atoms with Gasteiger partial charge in [-0.3, -0.25) is 0 Å². The number of nitrogens with one attached hydrogen (secondary N) is 1. The van der Waals surface area contributed by atoms with Gasteiger partial charge in [-0.15, -0.1) is 5.10 Å². The first-order valence-electron chi connectivity index (χ1n) is 8.37. The topological polar surface area (TPSA) is 44.6 Å². The van der Waals surface area contributed by atoms with Crippen LogP contribution >= 0.6 is 12.2 Å². The van der Waals surface area contributed by atoms with Crippen LogP contribution in [-0.2, 0) is 13.2 Å². The van der Waals surface area contributed by atoms with Crippen molar-refractivity contribution in [1.29, 1.82) is 0 Å². The van der Waals surface area contributed by atoms with Crippen LogP contribution in [0.5, 0.6) is 5.75 Å². The maximum Gasteiger partial charge on any atom is 0.292 e. The maximum atomic E-state index is 13.7. The number of quaternary nitrogens is 1. The summed E-state index contributed by atoms with van der Waals surface area (Å²) in [5.41, 5.74) is 1.23. The van der Waals surface area contributed by atoms with Gasteiger partial charge in [-0.25, -0.2) is 4.39 Å². The molecule has 2 aromatic carbocycles. The van der Waals surface area contributed by atoms with Crippen molar-refractivity contribution < 1.29 is 18.4 Å². The van der Waals surface area contributed by atoms with E-state index >= 15 is 0 Å². The Hall–Kier alpha value is -2.51. The highest BCUT2D eigenvalue weighted by Crippen LogP contribution is 2.23. The summed E-state index contributed by atoms with van der Waals surface area (Å²) in [5, 5.41) is 4.39. The van der Waals surface area contributed by atoms with Gasteiger partial charge < -0.3 is 14.1 Å². The van der Waals surface area contributed by atoms with E-state index in [-0.39, 0.29) is 10.6 Å². The van der Waals surface area contributed by atoms with Crippen LogP contribution in [0.15, 0.2) is 59.0 Å². The monoisotopic (exact) mass is 374 g/mol. The minimum absolute atomic E-state index is 0.155. The summed E-state index contributed by atoms with van der Waals surface area (Å²) < 4.78 is 26.5. The smallest absolute Gasteiger partial charge is 0.292 e. The van der Waals surface area contributed by atoms with Gasteiger partial charge in [0.25, 0.3) is 10.7 Å². The number of para-hydroxylation sites is 1. The Labute approximate surface area is 156 Å². The third-order valence-electron chi connectivity index (χ3n) is 3.88. The first-order valence-corrected chi connectivity index (χ1v) is 8.78. The maximum absolute atomic E-state index is 13.7. The van der Waals surface area contributed by atoms with E-state index in [1.54, 1.807) is 29.8 Å². The number of rotatable bonds is 7. The van der Waals surface area contributed by atoms with E-state index in [9.17, 15) is 4.39 Å². The Bertz CT molecular complexity index is 910. The molecule has 0 saturated carbocycles. The molecular weight excluding hydrogens is 353 g/mol. The van der Waals surface area contributed by atoms with Crippen LogP contribution < -0.4 is 9.64 Å². The zero-order valence-corrected chi connectivity index (χ0v) is 15.5. The molecule has 1 aromatic heterocycles. The van der Waals surface area contributed by atoms with Crippen LogP contribution in [-0.4, -0.2) is 16.8 Å². The largest absolute Gasteiger partial charge is 0.478 e. The SMILES string of the molecule is C[C@@H](Oc1ccccc1F)c1nn(C[NH+](C)Cc2ccccc2)c(=S)o1. The Morgan fingerprint density at radius 1 is 1.19 bits per heavy atom. The fourth-order valence-electron chi connectivity index (χ4n) is 2.62. The van der Waals surface area contributed by atoms with Gasteiger partial charge in [0.05, 0.1) is 7.05 Å². The fourth-order valence-corrected chi connectivity index (χ4v) is 2.81. The molecule has 0 spiro atoms. The molecule has 0 aliphatic rings. The van der Waals surface area contributed by atoms with Crippen LogP contribution in [0, 0.1) is 10.7 Å². The third kappa shape index (κ3) is 4.56. The van der Waals surface area contributed by atoms with Gasteiger partial charge in [0.1, 0.15) is 6.54 Å². The lowest BCUT2D eigenvalue weighted by atomic mass is 10.2. The molecule has 0 aliphatic heterocycles. The normalized spacial score (nSPS) is 13.3. The summed E-state index contributed by atoms with van der Waals surface area (Å²) in [6, 6.07) is 16.4. The quantitative estimate of drug-likeness (QED) is 0.646. The van der Waals surface area contributed by atoms with Crippen LogP contribution in [0.3, 0.4) is 0 Å². The highest BCUT2D eigenvalue weighted by atomic mass is 32.1. The van der Waals surface area contributed by atoms with Gasteiger partial charge in [0.2, 0.25) is 0 Å². The first kappa shape index (κ1) is 18.3. The van der Waals surface area contributed by atoms with E-state index in [0.717, 1.165) is 6.54 Å². The van der Waals surface area contributed by atoms with Crippen LogP contribution in [0.1, 0.15) is 24.5 Å². The van der Waals surface area contributed by atoms with Gasteiger partial charge in [0.15, 0.2) is 24.3 Å². The molecule has 2 atom stereocenters. The van der Waals surface area contributed by atoms with E-state index in [1.165, 1.54) is 16.5 Å². The van der Waals surface area contributed by atoms with Crippen molar-refractivity contribution in [2.24, 2.45) is 0 Å². The van der Waals surface area contributed by atoms with Crippen LogP contribution in [0.25, 0.3) is 0 Å². The molecule has 136 valence electrons. The number of ether oxygens (including phenoxy) is 1. The van der Waals surface area contributed by atoms with Crippen molar-refractivity contribution in [3.63, 3.8) is 0 Å². The molecule has 7 heteroatoms. The van der Waals surface area contributed by atoms with Gasteiger partial charge in [-0.2, -0.15) is 4.68 Å². The minimum Gasteiger partial charge on any atom is -0.478 e. The second-order valence-corrected chi connectivity index (χ2v) is 6.52. The molecule has 5 nitrogen and oxygen atoms in total. The highest BCUT2D eigenvalue weighted by molar-refractivity contribution is 7.71. The van der Waals surface area contributed by atoms with Crippen molar-refractivity contribution >= 4 is 12.2 Å². The van der Waals surface area contributed by atoms with Crippen molar-refractivity contribution in [3.05, 3.63) is 76.7 Å². The molecule has 1 unspecified atom stereocenters. The minimum atomic E-state index is -0.552. The zero-order chi connectivity index (χ0) is 18.5. The number of benzene rings is 2. The fraction of sp³-hybridized carbons (Fsp3) is 0.263. The molecule has 0 amide bonds.